The number of hydrogen-bond donors (Lipinski definition) is 0. The first-order valence-electron chi connectivity index (χ1n) is 8.19. The van der Waals surface area contributed by atoms with Gasteiger partial charge in [0.2, 0.25) is 0 Å². The van der Waals surface area contributed by atoms with Crippen LogP contribution < -0.4 is 14.4 Å². The predicted octanol–water partition coefficient (Wildman–Crippen LogP) is 3.17. The van der Waals surface area contributed by atoms with E-state index in [1.165, 1.54) is 0 Å². The number of carbonyl (C=O) groups excluding carboxylic acids is 1. The van der Waals surface area contributed by atoms with Crippen LogP contribution in [0.1, 0.15) is 17.4 Å². The van der Waals surface area contributed by atoms with E-state index < -0.39 is 0 Å². The van der Waals surface area contributed by atoms with Crippen molar-refractivity contribution in [3.8, 4) is 22.8 Å². The quantitative estimate of drug-likeness (QED) is 0.721. The lowest BCUT2D eigenvalue weighted by molar-refractivity contribution is 0.0952. The second-order valence-corrected chi connectivity index (χ2v) is 6.00. The molecule has 0 N–H and O–H groups in total. The number of nitrogens with zero attached hydrogens (tertiary/aromatic N) is 3. The molecule has 1 aliphatic heterocycles. The smallest absolute Gasteiger partial charge is 0.280 e. The molecule has 7 nitrogen and oxygen atoms in total. The van der Waals surface area contributed by atoms with Crippen LogP contribution >= 0.6 is 0 Å². The Kier molecular flexibility index (Phi) is 4.04. The molecule has 0 spiro atoms. The van der Waals surface area contributed by atoms with Crippen LogP contribution in [0.5, 0.6) is 11.5 Å². The molecule has 0 saturated carbocycles. The van der Waals surface area contributed by atoms with Crippen LogP contribution in [0.15, 0.2) is 53.3 Å². The van der Waals surface area contributed by atoms with E-state index in [9.17, 15) is 4.79 Å². The first-order chi connectivity index (χ1) is 12.7. The lowest BCUT2D eigenvalue weighted by Crippen LogP contribution is -2.42. The molecule has 0 saturated heterocycles. The molecule has 1 amide bonds. The summed E-state index contributed by atoms with van der Waals surface area (Å²) in [7, 11) is 1.58. The molecule has 1 atom stereocenters. The summed E-state index contributed by atoms with van der Waals surface area (Å²) in [6, 6.07) is 10.6. The van der Waals surface area contributed by atoms with Crippen LogP contribution in [0.3, 0.4) is 0 Å². The Hall–Kier alpha value is -3.35. The van der Waals surface area contributed by atoms with Crippen LogP contribution in [0.2, 0.25) is 0 Å². The molecule has 4 rings (SSSR count). The zero-order chi connectivity index (χ0) is 18.1. The Labute approximate surface area is 150 Å². The van der Waals surface area contributed by atoms with Gasteiger partial charge in [-0.3, -0.25) is 14.7 Å². The third kappa shape index (κ3) is 2.88. The summed E-state index contributed by atoms with van der Waals surface area (Å²) >= 11 is 0. The minimum absolute atomic E-state index is 0.135. The molecule has 7 heteroatoms. The molecule has 2 aromatic heterocycles. The molecule has 0 fully saturated rings. The van der Waals surface area contributed by atoms with Crippen molar-refractivity contribution in [2.24, 2.45) is 0 Å². The number of pyridine rings is 1. The van der Waals surface area contributed by atoms with Crippen LogP contribution in [0.4, 0.5) is 5.69 Å². The standard InChI is InChI=1S/C19H17N3O4/c1-12-11-22(16-8-14(24-2)5-6-17(16)25-12)19(23)15-9-18(26-21-15)13-4-3-7-20-10-13/h3-10,12H,11H2,1-2H3/t12-/m1/s1. The lowest BCUT2D eigenvalue weighted by Gasteiger charge is -2.33. The summed E-state index contributed by atoms with van der Waals surface area (Å²) in [4.78, 5) is 18.7. The number of amides is 1. The average Bonchev–Trinajstić information content (AvgIpc) is 3.17. The zero-order valence-electron chi connectivity index (χ0n) is 14.4. The van der Waals surface area contributed by atoms with Gasteiger partial charge in [-0.1, -0.05) is 5.16 Å². The number of anilines is 1. The van der Waals surface area contributed by atoms with Gasteiger partial charge < -0.3 is 14.0 Å². The fourth-order valence-corrected chi connectivity index (χ4v) is 2.90. The summed E-state index contributed by atoms with van der Waals surface area (Å²) < 4.78 is 16.4. The Bertz CT molecular complexity index is 939. The molecule has 26 heavy (non-hydrogen) atoms. The Morgan fingerprint density at radius 2 is 2.19 bits per heavy atom. The first kappa shape index (κ1) is 16.1. The maximum absolute atomic E-state index is 13.0. The Morgan fingerprint density at radius 1 is 1.31 bits per heavy atom. The maximum atomic E-state index is 13.0. The van der Waals surface area contributed by atoms with Gasteiger partial charge in [0, 0.05) is 30.1 Å². The molecule has 1 aromatic carbocycles. The molecular weight excluding hydrogens is 334 g/mol. The average molecular weight is 351 g/mol. The zero-order valence-corrected chi connectivity index (χ0v) is 14.4. The maximum Gasteiger partial charge on any atom is 0.280 e. The van der Waals surface area contributed by atoms with Crippen LogP contribution in [-0.4, -0.2) is 35.8 Å². The van der Waals surface area contributed by atoms with Crippen molar-refractivity contribution in [3.63, 3.8) is 0 Å². The Balaban J connectivity index is 1.68. The van der Waals surface area contributed by atoms with Gasteiger partial charge in [-0.15, -0.1) is 0 Å². The van der Waals surface area contributed by atoms with Gasteiger partial charge in [0.25, 0.3) is 5.91 Å². The summed E-state index contributed by atoms with van der Waals surface area (Å²) in [5.74, 6) is 1.52. The summed E-state index contributed by atoms with van der Waals surface area (Å²) in [5, 5.41) is 3.94. The molecule has 3 aromatic rings. The largest absolute Gasteiger partial charge is 0.497 e. The van der Waals surface area contributed by atoms with E-state index in [4.69, 9.17) is 14.0 Å². The summed E-state index contributed by atoms with van der Waals surface area (Å²) in [5.41, 5.74) is 1.64. The highest BCUT2D eigenvalue weighted by molar-refractivity contribution is 6.06. The number of aromatic nitrogens is 2. The third-order valence-corrected chi connectivity index (χ3v) is 4.15. The van der Waals surface area contributed by atoms with Gasteiger partial charge in [0.1, 0.15) is 17.6 Å². The molecule has 1 aliphatic rings. The topological polar surface area (TPSA) is 77.7 Å². The van der Waals surface area contributed by atoms with E-state index in [-0.39, 0.29) is 17.7 Å². The van der Waals surface area contributed by atoms with Crippen molar-refractivity contribution in [2.75, 3.05) is 18.6 Å². The number of carbonyl (C=O) groups is 1. The fraction of sp³-hybridized carbons (Fsp3) is 0.211. The number of fused-ring (bicyclic) bond motifs is 1. The van der Waals surface area contributed by atoms with Gasteiger partial charge in [0.05, 0.1) is 19.3 Å². The molecule has 0 radical (unpaired) electrons. The second-order valence-electron chi connectivity index (χ2n) is 6.00. The molecular formula is C19H17N3O4. The van der Waals surface area contributed by atoms with Gasteiger partial charge in [0.15, 0.2) is 11.5 Å². The molecule has 0 bridgehead atoms. The minimum atomic E-state index is -0.256. The van der Waals surface area contributed by atoms with Crippen LogP contribution in [0.25, 0.3) is 11.3 Å². The lowest BCUT2D eigenvalue weighted by atomic mass is 10.1. The summed E-state index contributed by atoms with van der Waals surface area (Å²) in [6.07, 6.45) is 3.20. The highest BCUT2D eigenvalue weighted by atomic mass is 16.5. The van der Waals surface area contributed by atoms with Crippen molar-refractivity contribution < 1.29 is 18.8 Å². The normalized spacial score (nSPS) is 15.9. The van der Waals surface area contributed by atoms with Gasteiger partial charge in [-0.25, -0.2) is 0 Å². The molecule has 132 valence electrons. The van der Waals surface area contributed by atoms with Gasteiger partial charge in [-0.2, -0.15) is 0 Å². The van der Waals surface area contributed by atoms with E-state index in [2.05, 4.69) is 10.1 Å². The van der Waals surface area contributed by atoms with Crippen molar-refractivity contribution in [1.29, 1.82) is 0 Å². The van der Waals surface area contributed by atoms with E-state index in [0.717, 1.165) is 5.56 Å². The number of hydrogen-bond acceptors (Lipinski definition) is 6. The van der Waals surface area contributed by atoms with Crippen molar-refractivity contribution in [2.45, 2.75) is 13.0 Å². The highest BCUT2D eigenvalue weighted by Crippen LogP contribution is 2.37. The number of rotatable bonds is 3. The molecule has 0 aliphatic carbocycles. The molecule has 3 heterocycles. The van der Waals surface area contributed by atoms with E-state index in [1.807, 2.05) is 13.0 Å². The van der Waals surface area contributed by atoms with E-state index >= 15 is 0 Å². The van der Waals surface area contributed by atoms with E-state index in [0.29, 0.717) is 29.5 Å². The first-order valence-corrected chi connectivity index (χ1v) is 8.19. The van der Waals surface area contributed by atoms with Gasteiger partial charge in [-0.05, 0) is 31.2 Å². The van der Waals surface area contributed by atoms with Crippen molar-refractivity contribution in [1.82, 2.24) is 10.1 Å². The Morgan fingerprint density at radius 3 is 2.96 bits per heavy atom. The van der Waals surface area contributed by atoms with Crippen molar-refractivity contribution in [3.05, 3.63) is 54.5 Å². The predicted molar refractivity (Wildman–Crippen MR) is 94.5 cm³/mol. The monoisotopic (exact) mass is 351 g/mol. The van der Waals surface area contributed by atoms with Crippen molar-refractivity contribution >= 4 is 11.6 Å². The van der Waals surface area contributed by atoms with Crippen LogP contribution in [-0.2, 0) is 0 Å². The summed E-state index contributed by atoms with van der Waals surface area (Å²) in [6.45, 7) is 2.32. The SMILES string of the molecule is COc1ccc2c(c1)N(C(=O)c1cc(-c3cccnc3)on1)C[C@@H](C)O2. The number of methoxy groups -OCH3 is 1. The van der Waals surface area contributed by atoms with E-state index in [1.54, 1.807) is 54.7 Å². The minimum Gasteiger partial charge on any atom is -0.497 e. The molecule has 0 unspecified atom stereocenters. The van der Waals surface area contributed by atoms with Crippen LogP contribution in [0, 0.1) is 0 Å². The highest BCUT2D eigenvalue weighted by Gasteiger charge is 2.30. The number of ether oxygens (including phenoxy) is 2. The van der Waals surface area contributed by atoms with Gasteiger partial charge >= 0.3 is 0 Å². The third-order valence-electron chi connectivity index (χ3n) is 4.15. The second kappa shape index (κ2) is 6.51. The number of benzene rings is 1. The fourth-order valence-electron chi connectivity index (χ4n) is 2.90.